The van der Waals surface area contributed by atoms with Gasteiger partial charge in [-0.25, -0.2) is 9.59 Å². The van der Waals surface area contributed by atoms with Crippen LogP contribution in [0.25, 0.3) is 0 Å². The first-order valence-corrected chi connectivity index (χ1v) is 15.5. The van der Waals surface area contributed by atoms with E-state index >= 15 is 0 Å². The van der Waals surface area contributed by atoms with Gasteiger partial charge in [0.25, 0.3) is 0 Å². The molecule has 0 heterocycles. The maximum Gasteiger partial charge on any atom is 0.433 e. The highest BCUT2D eigenvalue weighted by Crippen LogP contribution is 2.45. The van der Waals surface area contributed by atoms with Gasteiger partial charge in [0.1, 0.15) is 11.4 Å². The number of benzene rings is 4. The molecule has 2 unspecified atom stereocenters. The summed E-state index contributed by atoms with van der Waals surface area (Å²) in [5.74, 6) is 0. The summed E-state index contributed by atoms with van der Waals surface area (Å²) in [4.78, 5) is 36.6. The fourth-order valence-electron chi connectivity index (χ4n) is 6.48. The Kier molecular flexibility index (Phi) is 10.3. The van der Waals surface area contributed by atoms with Crippen molar-refractivity contribution in [3.05, 3.63) is 144 Å². The zero-order valence-electron chi connectivity index (χ0n) is 26.5. The van der Waals surface area contributed by atoms with Gasteiger partial charge in [0.2, 0.25) is 0 Å². The van der Waals surface area contributed by atoms with Gasteiger partial charge in [0.05, 0.1) is 0 Å². The van der Waals surface area contributed by atoms with Crippen LogP contribution < -0.4 is 10.6 Å². The van der Waals surface area contributed by atoms with Crippen molar-refractivity contribution in [3.8, 4) is 0 Å². The molecular weight excluding hydrogens is 576 g/mol. The van der Waals surface area contributed by atoms with Crippen molar-refractivity contribution >= 4 is 23.6 Å². The van der Waals surface area contributed by atoms with Crippen molar-refractivity contribution in [3.63, 3.8) is 0 Å². The van der Waals surface area contributed by atoms with Crippen LogP contribution in [0.3, 0.4) is 0 Å². The van der Waals surface area contributed by atoms with Gasteiger partial charge in [-0.2, -0.15) is 0 Å². The van der Waals surface area contributed by atoms with Crippen molar-refractivity contribution in [2.75, 3.05) is 6.54 Å². The summed E-state index contributed by atoms with van der Waals surface area (Å²) >= 11 is 0. The Labute approximate surface area is 270 Å². The van der Waals surface area contributed by atoms with Crippen molar-refractivity contribution in [1.29, 1.82) is 0 Å². The summed E-state index contributed by atoms with van der Waals surface area (Å²) in [6.45, 7) is 6.80. The molecule has 1 fully saturated rings. The normalized spacial score (nSPS) is 18.4. The minimum atomic E-state index is -0.637. The Morgan fingerprint density at radius 1 is 0.630 bits per heavy atom. The summed E-state index contributed by atoms with van der Waals surface area (Å²) in [7, 11) is 0. The Balaban J connectivity index is 1.22. The van der Waals surface area contributed by atoms with E-state index in [0.717, 1.165) is 35.1 Å². The maximum atomic E-state index is 13.0. The highest BCUT2D eigenvalue weighted by Gasteiger charge is 2.42. The first-order valence-electron chi connectivity index (χ1n) is 15.5. The van der Waals surface area contributed by atoms with Crippen LogP contribution in [0.2, 0.25) is 0 Å². The quantitative estimate of drug-likeness (QED) is 0.113. The lowest BCUT2D eigenvalue weighted by atomic mass is 9.62. The average molecular weight is 617 g/mol. The van der Waals surface area contributed by atoms with E-state index in [4.69, 9.17) is 9.68 Å². The molecule has 46 heavy (non-hydrogen) atoms. The molecule has 0 aliphatic heterocycles. The lowest BCUT2D eigenvalue weighted by Crippen LogP contribution is -2.50. The summed E-state index contributed by atoms with van der Waals surface area (Å²) in [6.07, 6.45) is 0.993. The number of carbonyl (C=O) groups excluding carboxylic acids is 2. The third-order valence-electron chi connectivity index (χ3n) is 8.05. The number of nitrogens with zero attached hydrogens (tertiary/aromatic N) is 2. The van der Waals surface area contributed by atoms with E-state index < -0.39 is 12.2 Å². The zero-order valence-corrected chi connectivity index (χ0v) is 26.5. The SMILES string of the molecule is CC1(C)CC(NC(=O)ON=C(c2ccccc2)c2ccccc2)CC(C)(CNC(=O)ON=C(c2ccccc2)c2ccccc2)C1. The van der Waals surface area contributed by atoms with Gasteiger partial charge in [-0.3, -0.25) is 9.68 Å². The number of rotatable bonds is 9. The van der Waals surface area contributed by atoms with E-state index in [1.54, 1.807) is 0 Å². The van der Waals surface area contributed by atoms with Crippen LogP contribution in [0.1, 0.15) is 62.3 Å². The lowest BCUT2D eigenvalue weighted by molar-refractivity contribution is 0.0630. The molecule has 1 saturated carbocycles. The van der Waals surface area contributed by atoms with Crippen LogP contribution >= 0.6 is 0 Å². The van der Waals surface area contributed by atoms with Gasteiger partial charge < -0.3 is 10.6 Å². The minimum absolute atomic E-state index is 0.0923. The number of hydrogen-bond donors (Lipinski definition) is 2. The Bertz CT molecular complexity index is 1580. The van der Waals surface area contributed by atoms with Crippen LogP contribution in [0.5, 0.6) is 0 Å². The summed E-state index contributed by atoms with van der Waals surface area (Å²) < 4.78 is 0. The van der Waals surface area contributed by atoms with Crippen molar-refractivity contribution in [2.45, 2.75) is 46.1 Å². The van der Waals surface area contributed by atoms with E-state index in [0.29, 0.717) is 24.4 Å². The fraction of sp³-hybridized carbons (Fsp3) is 0.263. The molecule has 0 aromatic heterocycles. The van der Waals surface area contributed by atoms with Crippen LogP contribution in [0.4, 0.5) is 9.59 Å². The van der Waals surface area contributed by atoms with E-state index in [1.165, 1.54) is 0 Å². The van der Waals surface area contributed by atoms with Gasteiger partial charge >= 0.3 is 12.2 Å². The molecule has 8 heteroatoms. The Morgan fingerprint density at radius 2 is 1.02 bits per heavy atom. The average Bonchev–Trinajstić information content (AvgIpc) is 3.05. The highest BCUT2D eigenvalue weighted by molar-refractivity contribution is 6.13. The third-order valence-corrected chi connectivity index (χ3v) is 8.05. The summed E-state index contributed by atoms with van der Waals surface area (Å²) in [5.41, 5.74) is 4.09. The first-order chi connectivity index (χ1) is 22.2. The van der Waals surface area contributed by atoms with Crippen LogP contribution in [0, 0.1) is 10.8 Å². The number of nitrogens with one attached hydrogen (secondary N) is 2. The van der Waals surface area contributed by atoms with Crippen molar-refractivity contribution in [2.24, 2.45) is 21.1 Å². The molecule has 8 nitrogen and oxygen atoms in total. The topological polar surface area (TPSA) is 101 Å². The molecule has 4 aromatic carbocycles. The molecule has 2 atom stereocenters. The van der Waals surface area contributed by atoms with Crippen LogP contribution in [-0.4, -0.2) is 36.2 Å². The van der Waals surface area contributed by atoms with Crippen LogP contribution in [0.15, 0.2) is 132 Å². The van der Waals surface area contributed by atoms with Crippen molar-refractivity contribution < 1.29 is 19.3 Å². The van der Waals surface area contributed by atoms with Gasteiger partial charge in [-0.1, -0.05) is 152 Å². The molecule has 4 aromatic rings. The molecule has 2 amide bonds. The molecular formula is C38H40N4O4. The smallest absolute Gasteiger partial charge is 0.319 e. The monoisotopic (exact) mass is 616 g/mol. The second-order valence-electron chi connectivity index (χ2n) is 12.9. The molecule has 236 valence electrons. The Hall–Kier alpha value is -5.24. The van der Waals surface area contributed by atoms with E-state index in [9.17, 15) is 9.59 Å². The molecule has 1 aliphatic carbocycles. The van der Waals surface area contributed by atoms with Gasteiger partial charge in [0.15, 0.2) is 0 Å². The fourth-order valence-corrected chi connectivity index (χ4v) is 6.48. The maximum absolute atomic E-state index is 13.0. The minimum Gasteiger partial charge on any atom is -0.319 e. The predicted octanol–water partition coefficient (Wildman–Crippen LogP) is 7.93. The first kappa shape index (κ1) is 32.2. The molecule has 2 N–H and O–H groups in total. The molecule has 0 saturated heterocycles. The number of carbonyl (C=O) groups is 2. The molecule has 1 aliphatic rings. The van der Waals surface area contributed by atoms with Gasteiger partial charge in [0, 0.05) is 34.8 Å². The van der Waals surface area contributed by atoms with E-state index in [2.05, 4.69) is 41.7 Å². The van der Waals surface area contributed by atoms with E-state index in [-0.39, 0.29) is 16.9 Å². The lowest BCUT2D eigenvalue weighted by Gasteiger charge is -2.46. The van der Waals surface area contributed by atoms with Gasteiger partial charge in [-0.15, -0.1) is 0 Å². The molecule has 5 rings (SSSR count). The number of amides is 2. The van der Waals surface area contributed by atoms with Gasteiger partial charge in [-0.05, 0) is 30.1 Å². The standard InChI is InChI=1S/C38H40N4O4/c1-37(2)24-32(40-36(44)46-42-34(30-20-12-6-13-21-30)31-22-14-7-15-23-31)25-38(3,26-37)27-39-35(43)45-41-33(28-16-8-4-9-17-28)29-18-10-5-11-19-29/h4-23,32H,24-27H2,1-3H3,(H,39,43)(H,40,44). The van der Waals surface area contributed by atoms with Crippen LogP contribution in [-0.2, 0) is 9.68 Å². The van der Waals surface area contributed by atoms with Crippen molar-refractivity contribution in [1.82, 2.24) is 10.6 Å². The largest absolute Gasteiger partial charge is 0.433 e. The second-order valence-corrected chi connectivity index (χ2v) is 12.9. The molecule has 0 bridgehead atoms. The molecule has 0 radical (unpaired) electrons. The highest BCUT2D eigenvalue weighted by atomic mass is 16.7. The Morgan fingerprint density at radius 3 is 1.43 bits per heavy atom. The zero-order chi connectivity index (χ0) is 32.4. The van der Waals surface area contributed by atoms with E-state index in [1.807, 2.05) is 121 Å². The summed E-state index contributed by atoms with van der Waals surface area (Å²) in [6, 6.07) is 38.2. The summed E-state index contributed by atoms with van der Waals surface area (Å²) in [5, 5.41) is 14.4. The number of oxime groups is 2. The predicted molar refractivity (Wildman–Crippen MR) is 181 cm³/mol. The number of hydrogen-bond acceptors (Lipinski definition) is 6. The molecule has 0 spiro atoms. The third kappa shape index (κ3) is 8.91. The second kappa shape index (κ2) is 14.7.